The van der Waals surface area contributed by atoms with Crippen LogP contribution in [0.3, 0.4) is 0 Å². The third-order valence-electron chi connectivity index (χ3n) is 3.06. The lowest BCUT2D eigenvalue weighted by Gasteiger charge is -2.25. The van der Waals surface area contributed by atoms with E-state index in [0.717, 1.165) is 5.56 Å². The van der Waals surface area contributed by atoms with Gasteiger partial charge in [0.25, 0.3) is 5.88 Å². The van der Waals surface area contributed by atoms with Crippen molar-refractivity contribution in [2.45, 2.75) is 32.5 Å². The van der Waals surface area contributed by atoms with Gasteiger partial charge in [-0.15, -0.1) is 0 Å². The smallest absolute Gasteiger partial charge is 0.257 e. The van der Waals surface area contributed by atoms with E-state index in [1.165, 1.54) is 0 Å². The van der Waals surface area contributed by atoms with Crippen LogP contribution in [-0.2, 0) is 5.60 Å². The van der Waals surface area contributed by atoms with Gasteiger partial charge in [0.05, 0.1) is 6.10 Å². The van der Waals surface area contributed by atoms with Gasteiger partial charge in [-0.3, -0.25) is 0 Å². The summed E-state index contributed by atoms with van der Waals surface area (Å²) in [5, 5.41) is 14.3. The van der Waals surface area contributed by atoms with Crippen molar-refractivity contribution in [3.8, 4) is 5.88 Å². The monoisotopic (exact) mass is 321 g/mol. The van der Waals surface area contributed by atoms with Crippen LogP contribution in [0.5, 0.6) is 5.88 Å². The Hall–Kier alpha value is -1.85. The Kier molecular flexibility index (Phi) is 5.21. The molecule has 0 amide bonds. The average molecular weight is 322 g/mol. The number of anilines is 1. The van der Waals surface area contributed by atoms with E-state index in [4.69, 9.17) is 16.3 Å². The number of nitrogens with zero attached hydrogens (tertiary/aromatic N) is 2. The first-order valence-corrected chi connectivity index (χ1v) is 7.46. The molecule has 0 aliphatic heterocycles. The van der Waals surface area contributed by atoms with Gasteiger partial charge in [-0.25, -0.2) is 9.97 Å². The summed E-state index contributed by atoms with van der Waals surface area (Å²) in [6, 6.07) is 7.15. The third kappa shape index (κ3) is 4.32. The maximum atomic E-state index is 10.6. The summed E-state index contributed by atoms with van der Waals surface area (Å²) in [5.74, 6) is 0.915. The second kappa shape index (κ2) is 6.94. The van der Waals surface area contributed by atoms with Crippen LogP contribution in [0.25, 0.3) is 0 Å². The quantitative estimate of drug-likeness (QED) is 0.855. The van der Waals surface area contributed by atoms with E-state index in [1.807, 2.05) is 26.0 Å². The fraction of sp³-hybridized carbons (Fsp3) is 0.375. The van der Waals surface area contributed by atoms with E-state index in [9.17, 15) is 5.11 Å². The van der Waals surface area contributed by atoms with Crippen molar-refractivity contribution in [2.24, 2.45) is 0 Å². The summed E-state index contributed by atoms with van der Waals surface area (Å²) in [5.41, 5.74) is -0.375. The summed E-state index contributed by atoms with van der Waals surface area (Å²) < 4.78 is 5.60. The fourth-order valence-corrected chi connectivity index (χ4v) is 2.13. The van der Waals surface area contributed by atoms with E-state index < -0.39 is 5.60 Å². The summed E-state index contributed by atoms with van der Waals surface area (Å²) >= 11 is 5.98. The third-order valence-corrected chi connectivity index (χ3v) is 3.29. The number of benzene rings is 1. The molecule has 0 aliphatic carbocycles. The van der Waals surface area contributed by atoms with Crippen LogP contribution in [-0.4, -0.2) is 27.7 Å². The second-order valence-electron chi connectivity index (χ2n) is 5.51. The molecule has 0 saturated heterocycles. The minimum atomic E-state index is -1.10. The highest BCUT2D eigenvalue weighted by atomic mass is 35.5. The number of hydrogen-bond acceptors (Lipinski definition) is 5. The first-order valence-electron chi connectivity index (χ1n) is 7.08. The molecule has 1 heterocycles. The van der Waals surface area contributed by atoms with Gasteiger partial charge in [0.15, 0.2) is 5.82 Å². The summed E-state index contributed by atoms with van der Waals surface area (Å²) in [6.07, 6.45) is 3.13. The molecule has 0 bridgehead atoms. The van der Waals surface area contributed by atoms with Crippen molar-refractivity contribution < 1.29 is 9.84 Å². The van der Waals surface area contributed by atoms with Crippen LogP contribution < -0.4 is 10.1 Å². The predicted molar refractivity (Wildman–Crippen MR) is 87.3 cm³/mol. The number of halogens is 1. The summed E-state index contributed by atoms with van der Waals surface area (Å²) in [4.78, 5) is 8.37. The van der Waals surface area contributed by atoms with Gasteiger partial charge < -0.3 is 15.2 Å². The first-order chi connectivity index (χ1) is 10.4. The number of aromatic nitrogens is 2. The molecule has 1 aromatic heterocycles. The topological polar surface area (TPSA) is 67.3 Å². The Morgan fingerprint density at radius 3 is 2.73 bits per heavy atom. The Morgan fingerprint density at radius 2 is 2.05 bits per heavy atom. The SMILES string of the molecule is CC(C)Oc1nccnc1NC[C@@](C)(O)c1cccc(Cl)c1. The number of aliphatic hydroxyl groups is 1. The molecule has 22 heavy (non-hydrogen) atoms. The highest BCUT2D eigenvalue weighted by Gasteiger charge is 2.24. The van der Waals surface area contributed by atoms with Crippen molar-refractivity contribution in [1.82, 2.24) is 9.97 Å². The van der Waals surface area contributed by atoms with Crippen molar-refractivity contribution in [3.05, 3.63) is 47.2 Å². The van der Waals surface area contributed by atoms with Crippen molar-refractivity contribution >= 4 is 17.4 Å². The molecule has 0 unspecified atom stereocenters. The molecule has 1 atom stereocenters. The number of nitrogens with one attached hydrogen (secondary N) is 1. The maximum absolute atomic E-state index is 10.6. The normalized spacial score (nSPS) is 13.7. The van der Waals surface area contributed by atoms with Gasteiger partial charge in [0, 0.05) is 24.0 Å². The Morgan fingerprint density at radius 1 is 1.32 bits per heavy atom. The Bertz CT molecular complexity index is 632. The zero-order valence-corrected chi connectivity index (χ0v) is 13.6. The van der Waals surface area contributed by atoms with E-state index >= 15 is 0 Å². The van der Waals surface area contributed by atoms with Gasteiger partial charge in [-0.1, -0.05) is 23.7 Å². The maximum Gasteiger partial charge on any atom is 0.257 e. The molecule has 2 rings (SSSR count). The van der Waals surface area contributed by atoms with Crippen LogP contribution in [0.15, 0.2) is 36.7 Å². The number of ether oxygens (including phenoxy) is 1. The van der Waals surface area contributed by atoms with Crippen molar-refractivity contribution in [3.63, 3.8) is 0 Å². The minimum absolute atomic E-state index is 0.00862. The van der Waals surface area contributed by atoms with Crippen molar-refractivity contribution in [1.29, 1.82) is 0 Å². The molecule has 1 aromatic carbocycles. The lowest BCUT2D eigenvalue weighted by molar-refractivity contribution is 0.0713. The zero-order valence-electron chi connectivity index (χ0n) is 12.9. The van der Waals surface area contributed by atoms with Gasteiger partial charge >= 0.3 is 0 Å². The molecule has 0 aliphatic rings. The highest BCUT2D eigenvalue weighted by molar-refractivity contribution is 6.30. The van der Waals surface area contributed by atoms with E-state index in [0.29, 0.717) is 16.7 Å². The average Bonchev–Trinajstić information content (AvgIpc) is 2.46. The number of hydrogen-bond donors (Lipinski definition) is 2. The summed E-state index contributed by atoms with van der Waals surface area (Å²) in [7, 11) is 0. The van der Waals surface area contributed by atoms with Crippen LogP contribution in [0, 0.1) is 0 Å². The molecule has 6 heteroatoms. The van der Waals surface area contributed by atoms with Crippen molar-refractivity contribution in [2.75, 3.05) is 11.9 Å². The summed E-state index contributed by atoms with van der Waals surface area (Å²) in [6.45, 7) is 5.80. The van der Waals surface area contributed by atoms with Crippen LogP contribution >= 0.6 is 11.6 Å². The van der Waals surface area contributed by atoms with E-state index in [-0.39, 0.29) is 12.6 Å². The molecule has 5 nitrogen and oxygen atoms in total. The molecular weight excluding hydrogens is 302 g/mol. The van der Waals surface area contributed by atoms with E-state index in [1.54, 1.807) is 31.5 Å². The Labute approximate surface area is 135 Å². The fourth-order valence-electron chi connectivity index (χ4n) is 1.94. The lowest BCUT2D eigenvalue weighted by Crippen LogP contribution is -2.31. The molecule has 0 saturated carbocycles. The molecule has 0 radical (unpaired) electrons. The minimum Gasteiger partial charge on any atom is -0.472 e. The van der Waals surface area contributed by atoms with Gasteiger partial charge in [-0.2, -0.15) is 0 Å². The molecule has 2 N–H and O–H groups in total. The molecule has 118 valence electrons. The van der Waals surface area contributed by atoms with Gasteiger partial charge in [0.1, 0.15) is 5.60 Å². The zero-order chi connectivity index (χ0) is 16.2. The molecule has 0 spiro atoms. The standard InChI is InChI=1S/C16H20ClN3O2/c1-11(2)22-15-14(18-7-8-19-15)20-10-16(3,21)12-5-4-6-13(17)9-12/h4-9,11,21H,10H2,1-3H3,(H,18,20)/t16-/m1/s1. The van der Waals surface area contributed by atoms with Crippen LogP contribution in [0.4, 0.5) is 5.82 Å². The molecular formula is C16H20ClN3O2. The number of rotatable bonds is 6. The second-order valence-corrected chi connectivity index (χ2v) is 5.95. The largest absolute Gasteiger partial charge is 0.472 e. The first kappa shape index (κ1) is 16.5. The van der Waals surface area contributed by atoms with Crippen LogP contribution in [0.2, 0.25) is 5.02 Å². The van der Waals surface area contributed by atoms with Gasteiger partial charge in [0.2, 0.25) is 0 Å². The molecule has 2 aromatic rings. The Balaban J connectivity index is 2.12. The molecule has 0 fully saturated rings. The van der Waals surface area contributed by atoms with Crippen LogP contribution in [0.1, 0.15) is 26.3 Å². The lowest BCUT2D eigenvalue weighted by atomic mass is 9.96. The predicted octanol–water partition coefficient (Wildman–Crippen LogP) is 3.24. The highest BCUT2D eigenvalue weighted by Crippen LogP contribution is 2.25. The van der Waals surface area contributed by atoms with E-state index in [2.05, 4.69) is 15.3 Å². The van der Waals surface area contributed by atoms with Gasteiger partial charge in [-0.05, 0) is 38.5 Å².